The van der Waals surface area contributed by atoms with Gasteiger partial charge in [0.2, 0.25) is 0 Å². The summed E-state index contributed by atoms with van der Waals surface area (Å²) in [5, 5.41) is 18.9. The Morgan fingerprint density at radius 1 is 1.23 bits per heavy atom. The number of aliphatic carboxylic acids is 2. The fraction of sp³-hybridized carbons (Fsp3) is 0.688. The first kappa shape index (κ1) is 18.2. The van der Waals surface area contributed by atoms with Gasteiger partial charge in [0, 0.05) is 5.57 Å². The van der Waals surface area contributed by atoms with E-state index in [9.17, 15) is 24.6 Å². The van der Waals surface area contributed by atoms with Crippen molar-refractivity contribution in [3.05, 3.63) is 12.2 Å². The van der Waals surface area contributed by atoms with Crippen molar-refractivity contribution in [2.24, 2.45) is 11.3 Å². The molecule has 0 heterocycles. The molecule has 1 rings (SSSR count). The summed E-state index contributed by atoms with van der Waals surface area (Å²) in [7, 11) is 0. The quantitative estimate of drug-likeness (QED) is 0.406. The number of carbonyl (C=O) groups excluding carboxylic acids is 1. The van der Waals surface area contributed by atoms with Crippen molar-refractivity contribution < 1.29 is 29.3 Å². The molecule has 2 N–H and O–H groups in total. The van der Waals surface area contributed by atoms with E-state index in [0.29, 0.717) is 37.7 Å². The van der Waals surface area contributed by atoms with Gasteiger partial charge in [0.15, 0.2) is 0 Å². The molecule has 124 valence electrons. The van der Waals surface area contributed by atoms with Crippen molar-refractivity contribution in [3.8, 4) is 0 Å². The molecule has 1 saturated carbocycles. The van der Waals surface area contributed by atoms with Crippen molar-refractivity contribution in [2.45, 2.75) is 51.9 Å². The number of rotatable bonds is 8. The number of ether oxygens (including phenoxy) is 1. The first-order valence-electron chi connectivity index (χ1n) is 7.60. The molecule has 0 radical (unpaired) electrons. The fourth-order valence-corrected chi connectivity index (χ4v) is 3.09. The van der Waals surface area contributed by atoms with Crippen LogP contribution < -0.4 is 0 Å². The Hall–Kier alpha value is -1.85. The zero-order chi connectivity index (χ0) is 16.8. The number of unbranched alkanes of at least 4 members (excludes halogenated alkanes) is 1. The van der Waals surface area contributed by atoms with E-state index >= 15 is 0 Å². The smallest absolute Gasteiger partial charge is 0.333 e. The molecule has 22 heavy (non-hydrogen) atoms. The molecule has 0 amide bonds. The normalized spacial score (nSPS) is 24.5. The van der Waals surface area contributed by atoms with Crippen molar-refractivity contribution in [3.63, 3.8) is 0 Å². The molecular formula is C16H24O6. The van der Waals surface area contributed by atoms with Crippen LogP contribution in [0.2, 0.25) is 0 Å². The molecule has 0 aromatic heterocycles. The summed E-state index contributed by atoms with van der Waals surface area (Å²) in [6.07, 6.45) is 3.62. The third-order valence-electron chi connectivity index (χ3n) is 4.36. The predicted molar refractivity (Wildman–Crippen MR) is 79.3 cm³/mol. The zero-order valence-corrected chi connectivity index (χ0v) is 13.0. The largest absolute Gasteiger partial charge is 0.481 e. The van der Waals surface area contributed by atoms with Gasteiger partial charge in [0.05, 0.1) is 17.9 Å². The third kappa shape index (κ3) is 4.32. The Morgan fingerprint density at radius 2 is 1.91 bits per heavy atom. The Bertz CT molecular complexity index is 456. The van der Waals surface area contributed by atoms with Crippen LogP contribution in [-0.2, 0) is 19.1 Å². The first-order chi connectivity index (χ1) is 10.3. The summed E-state index contributed by atoms with van der Waals surface area (Å²) in [6.45, 7) is 5.22. The second-order valence-electron chi connectivity index (χ2n) is 5.97. The molecule has 2 atom stereocenters. The van der Waals surface area contributed by atoms with E-state index in [0.717, 1.165) is 12.8 Å². The molecule has 6 heteroatoms. The minimum atomic E-state index is -1.19. The summed E-state index contributed by atoms with van der Waals surface area (Å²) in [5.41, 5.74) is -0.872. The van der Waals surface area contributed by atoms with Gasteiger partial charge in [-0.15, -0.1) is 0 Å². The molecule has 0 aliphatic heterocycles. The van der Waals surface area contributed by atoms with Crippen LogP contribution in [0.3, 0.4) is 0 Å². The molecule has 1 fully saturated rings. The molecule has 2 unspecified atom stereocenters. The average molecular weight is 312 g/mol. The highest BCUT2D eigenvalue weighted by Gasteiger charge is 2.50. The molecule has 0 aromatic carbocycles. The zero-order valence-electron chi connectivity index (χ0n) is 13.0. The molecule has 0 spiro atoms. The van der Waals surface area contributed by atoms with E-state index in [1.807, 2.05) is 0 Å². The summed E-state index contributed by atoms with van der Waals surface area (Å²) in [4.78, 5) is 34.3. The average Bonchev–Trinajstić information content (AvgIpc) is 2.46. The number of carboxylic acid groups (broad SMARTS) is 2. The lowest BCUT2D eigenvalue weighted by atomic mass is 9.63. The molecule has 0 bridgehead atoms. The summed E-state index contributed by atoms with van der Waals surface area (Å²) in [5.74, 6) is -3.36. The van der Waals surface area contributed by atoms with Crippen LogP contribution in [0.5, 0.6) is 0 Å². The van der Waals surface area contributed by atoms with Gasteiger partial charge in [-0.1, -0.05) is 19.4 Å². The summed E-state index contributed by atoms with van der Waals surface area (Å²) >= 11 is 0. The molecule has 0 aromatic rings. The maximum Gasteiger partial charge on any atom is 0.333 e. The highest BCUT2D eigenvalue weighted by atomic mass is 16.5. The van der Waals surface area contributed by atoms with Crippen LogP contribution in [-0.4, -0.2) is 34.7 Å². The second-order valence-corrected chi connectivity index (χ2v) is 5.97. The number of carboxylic acids is 2. The molecule has 1 aliphatic rings. The van der Waals surface area contributed by atoms with Gasteiger partial charge in [-0.2, -0.15) is 0 Å². The standard InChI is InChI=1S/C16H24O6/c1-11(2)14(19)22-10-6-5-9-16(15(20)21)8-4-3-7-12(16)13(17)18/h12H,1,3-10H2,2H3,(H,17,18)(H,20,21). The van der Waals surface area contributed by atoms with E-state index in [1.165, 1.54) is 0 Å². The van der Waals surface area contributed by atoms with E-state index in [4.69, 9.17) is 4.74 Å². The second kappa shape index (κ2) is 7.96. The minimum Gasteiger partial charge on any atom is -0.481 e. The van der Waals surface area contributed by atoms with E-state index in [1.54, 1.807) is 6.92 Å². The van der Waals surface area contributed by atoms with E-state index < -0.39 is 29.2 Å². The van der Waals surface area contributed by atoms with Crippen LogP contribution in [0.25, 0.3) is 0 Å². The van der Waals surface area contributed by atoms with E-state index in [2.05, 4.69) is 6.58 Å². The lowest BCUT2D eigenvalue weighted by Gasteiger charge is -2.38. The Labute approximate surface area is 130 Å². The topological polar surface area (TPSA) is 101 Å². The molecule has 6 nitrogen and oxygen atoms in total. The fourth-order valence-electron chi connectivity index (χ4n) is 3.09. The maximum atomic E-state index is 11.7. The SMILES string of the molecule is C=C(C)C(=O)OCCCCC1(C(=O)O)CCCCC1C(=O)O. The Balaban J connectivity index is 2.57. The van der Waals surface area contributed by atoms with Crippen LogP contribution >= 0.6 is 0 Å². The van der Waals surface area contributed by atoms with Crippen LogP contribution in [0.1, 0.15) is 51.9 Å². The van der Waals surface area contributed by atoms with Crippen molar-refractivity contribution in [2.75, 3.05) is 6.61 Å². The van der Waals surface area contributed by atoms with Gasteiger partial charge in [0.1, 0.15) is 0 Å². The predicted octanol–water partition coefficient (Wildman–Crippen LogP) is 2.62. The number of hydrogen-bond donors (Lipinski definition) is 2. The maximum absolute atomic E-state index is 11.7. The third-order valence-corrected chi connectivity index (χ3v) is 4.36. The Kier molecular flexibility index (Phi) is 6.59. The Morgan fingerprint density at radius 3 is 2.45 bits per heavy atom. The summed E-state index contributed by atoms with van der Waals surface area (Å²) in [6, 6.07) is 0. The van der Waals surface area contributed by atoms with Crippen molar-refractivity contribution in [1.82, 2.24) is 0 Å². The highest BCUT2D eigenvalue weighted by molar-refractivity contribution is 5.86. The minimum absolute atomic E-state index is 0.194. The van der Waals surface area contributed by atoms with Crippen molar-refractivity contribution >= 4 is 17.9 Å². The lowest BCUT2D eigenvalue weighted by molar-refractivity contribution is -0.166. The van der Waals surface area contributed by atoms with Gasteiger partial charge in [0.25, 0.3) is 0 Å². The highest BCUT2D eigenvalue weighted by Crippen LogP contribution is 2.45. The molecular weight excluding hydrogens is 288 g/mol. The summed E-state index contributed by atoms with van der Waals surface area (Å²) < 4.78 is 4.96. The van der Waals surface area contributed by atoms with Gasteiger partial charge < -0.3 is 14.9 Å². The van der Waals surface area contributed by atoms with Gasteiger partial charge in [-0.25, -0.2) is 4.79 Å². The number of carbonyl (C=O) groups is 3. The van der Waals surface area contributed by atoms with Crippen LogP contribution in [0.4, 0.5) is 0 Å². The monoisotopic (exact) mass is 312 g/mol. The number of hydrogen-bond acceptors (Lipinski definition) is 4. The number of esters is 1. The van der Waals surface area contributed by atoms with Crippen LogP contribution in [0, 0.1) is 11.3 Å². The van der Waals surface area contributed by atoms with Gasteiger partial charge >= 0.3 is 17.9 Å². The van der Waals surface area contributed by atoms with E-state index in [-0.39, 0.29) is 6.61 Å². The molecule has 0 saturated heterocycles. The lowest BCUT2D eigenvalue weighted by Crippen LogP contribution is -2.44. The molecule has 1 aliphatic carbocycles. The first-order valence-corrected chi connectivity index (χ1v) is 7.60. The van der Waals surface area contributed by atoms with Gasteiger partial charge in [-0.05, 0) is 39.0 Å². The van der Waals surface area contributed by atoms with Crippen molar-refractivity contribution in [1.29, 1.82) is 0 Å². The van der Waals surface area contributed by atoms with Crippen LogP contribution in [0.15, 0.2) is 12.2 Å². The van der Waals surface area contributed by atoms with Gasteiger partial charge in [-0.3, -0.25) is 9.59 Å².